The number of rotatable bonds is 5. The quantitative estimate of drug-likeness (QED) is 0.559. The molecule has 0 amide bonds. The van der Waals surface area contributed by atoms with Gasteiger partial charge in [-0.3, -0.25) is 0 Å². The number of hydrogen-bond acceptors (Lipinski definition) is 5. The van der Waals surface area contributed by atoms with Gasteiger partial charge in [0, 0.05) is 18.7 Å². The van der Waals surface area contributed by atoms with Gasteiger partial charge >= 0.3 is 11.9 Å². The number of hydrogen-bond donors (Lipinski definition) is 0. The second-order valence-corrected chi connectivity index (χ2v) is 3.37. The lowest BCUT2D eigenvalue weighted by molar-refractivity contribution is -0.143. The number of carbonyl (C=O) groups is 2. The van der Waals surface area contributed by atoms with E-state index in [9.17, 15) is 9.59 Å². The molecular formula is C10H19Cl2NO4. The summed E-state index contributed by atoms with van der Waals surface area (Å²) in [6, 6.07) is 0. The van der Waals surface area contributed by atoms with Gasteiger partial charge in [0.2, 0.25) is 0 Å². The first-order chi connectivity index (χ1) is 6.95. The topological polar surface area (TPSA) is 55.8 Å². The fraction of sp³-hybridized carbons (Fsp3) is 0.600. The van der Waals surface area contributed by atoms with E-state index >= 15 is 0 Å². The highest BCUT2D eigenvalue weighted by Gasteiger charge is 2.07. The Morgan fingerprint density at radius 1 is 1.18 bits per heavy atom. The van der Waals surface area contributed by atoms with Crippen molar-refractivity contribution in [3.05, 3.63) is 12.2 Å². The number of likely N-dealkylation sites (N-methyl/N-ethyl adjacent to an activating group) is 1. The van der Waals surface area contributed by atoms with Crippen LogP contribution in [0.3, 0.4) is 0 Å². The molecule has 0 aromatic heterocycles. The summed E-state index contributed by atoms with van der Waals surface area (Å²) < 4.78 is 9.31. The first kappa shape index (κ1) is 21.5. The van der Waals surface area contributed by atoms with Gasteiger partial charge in [-0.1, -0.05) is 0 Å². The molecular weight excluding hydrogens is 269 g/mol. The third-order valence-electron chi connectivity index (χ3n) is 1.50. The highest BCUT2D eigenvalue weighted by molar-refractivity contribution is 5.91. The molecule has 0 spiro atoms. The Hall–Kier alpha value is -0.780. The molecule has 1 unspecified atom stereocenters. The van der Waals surface area contributed by atoms with Crippen molar-refractivity contribution in [2.75, 3.05) is 27.7 Å². The van der Waals surface area contributed by atoms with Gasteiger partial charge in [-0.2, -0.15) is 0 Å². The van der Waals surface area contributed by atoms with Crippen LogP contribution in [0.2, 0.25) is 0 Å². The minimum atomic E-state index is -0.577. The van der Waals surface area contributed by atoms with Crippen LogP contribution in [0.4, 0.5) is 0 Å². The molecule has 0 aromatic rings. The Bertz CT molecular complexity index is 257. The first-order valence-electron chi connectivity index (χ1n) is 4.57. The van der Waals surface area contributed by atoms with E-state index in [0.29, 0.717) is 6.54 Å². The van der Waals surface area contributed by atoms with Crippen molar-refractivity contribution < 1.29 is 19.1 Å². The van der Waals surface area contributed by atoms with Gasteiger partial charge in [-0.15, -0.1) is 24.8 Å². The molecule has 0 aromatic carbocycles. The zero-order chi connectivity index (χ0) is 11.8. The van der Waals surface area contributed by atoms with Crippen molar-refractivity contribution >= 4 is 36.8 Å². The van der Waals surface area contributed by atoms with Crippen LogP contribution < -0.4 is 0 Å². The van der Waals surface area contributed by atoms with E-state index in [4.69, 9.17) is 4.74 Å². The Balaban J connectivity index is -0.000000980. The molecule has 5 nitrogen and oxygen atoms in total. The van der Waals surface area contributed by atoms with E-state index in [1.54, 1.807) is 6.92 Å². The number of esters is 2. The highest BCUT2D eigenvalue weighted by atomic mass is 35.5. The highest BCUT2D eigenvalue weighted by Crippen LogP contribution is 1.94. The molecule has 0 radical (unpaired) electrons. The van der Waals surface area contributed by atoms with Gasteiger partial charge in [0.05, 0.1) is 7.11 Å². The predicted molar refractivity (Wildman–Crippen MR) is 69.8 cm³/mol. The van der Waals surface area contributed by atoms with Crippen molar-refractivity contribution in [3.8, 4) is 0 Å². The lowest BCUT2D eigenvalue weighted by Gasteiger charge is -2.16. The Morgan fingerprint density at radius 3 is 2.06 bits per heavy atom. The number of halogens is 2. The third kappa shape index (κ3) is 13.2. The van der Waals surface area contributed by atoms with Gasteiger partial charge in [-0.05, 0) is 21.0 Å². The number of carbonyl (C=O) groups excluding carboxylic acids is 2. The van der Waals surface area contributed by atoms with Crippen LogP contribution in [0.25, 0.3) is 0 Å². The van der Waals surface area contributed by atoms with E-state index in [1.165, 1.54) is 7.11 Å². The second kappa shape index (κ2) is 11.7. The SMILES string of the molecule is COC(=O)/C=C/C(=O)OC(C)CN(C)C.Cl.Cl. The van der Waals surface area contributed by atoms with Crippen molar-refractivity contribution in [2.24, 2.45) is 0 Å². The lowest BCUT2D eigenvalue weighted by Crippen LogP contribution is -2.27. The maximum atomic E-state index is 11.1. The molecule has 0 bridgehead atoms. The molecule has 0 aliphatic heterocycles. The second-order valence-electron chi connectivity index (χ2n) is 3.37. The first-order valence-corrected chi connectivity index (χ1v) is 4.57. The van der Waals surface area contributed by atoms with Gasteiger partial charge in [0.1, 0.15) is 6.10 Å². The van der Waals surface area contributed by atoms with Crippen molar-refractivity contribution in [3.63, 3.8) is 0 Å². The van der Waals surface area contributed by atoms with Crippen LogP contribution >= 0.6 is 24.8 Å². The zero-order valence-corrected chi connectivity index (χ0v) is 12.0. The third-order valence-corrected chi connectivity index (χ3v) is 1.50. The summed E-state index contributed by atoms with van der Waals surface area (Å²) in [5.74, 6) is -1.12. The molecule has 0 saturated heterocycles. The normalized spacial score (nSPS) is 11.4. The summed E-state index contributed by atoms with van der Waals surface area (Å²) in [4.78, 5) is 23.7. The Morgan fingerprint density at radius 2 is 1.65 bits per heavy atom. The van der Waals surface area contributed by atoms with E-state index in [1.807, 2.05) is 19.0 Å². The maximum absolute atomic E-state index is 11.1. The monoisotopic (exact) mass is 287 g/mol. The van der Waals surface area contributed by atoms with Crippen LogP contribution in [0.5, 0.6) is 0 Å². The van der Waals surface area contributed by atoms with E-state index < -0.39 is 11.9 Å². The summed E-state index contributed by atoms with van der Waals surface area (Å²) >= 11 is 0. The minimum absolute atomic E-state index is 0. The molecule has 102 valence electrons. The van der Waals surface area contributed by atoms with E-state index in [-0.39, 0.29) is 30.9 Å². The van der Waals surface area contributed by atoms with Gasteiger partial charge in [-0.25, -0.2) is 9.59 Å². The Kier molecular flexibility index (Phi) is 14.8. The number of ether oxygens (including phenoxy) is 2. The van der Waals surface area contributed by atoms with Crippen LogP contribution in [0, 0.1) is 0 Å². The molecule has 0 aliphatic rings. The lowest BCUT2D eigenvalue weighted by atomic mass is 10.4. The van der Waals surface area contributed by atoms with E-state index in [2.05, 4.69) is 4.74 Å². The van der Waals surface area contributed by atoms with Crippen LogP contribution in [-0.2, 0) is 19.1 Å². The zero-order valence-electron chi connectivity index (χ0n) is 10.3. The molecule has 0 N–H and O–H groups in total. The molecule has 0 saturated carbocycles. The van der Waals surface area contributed by atoms with Crippen LogP contribution in [0.15, 0.2) is 12.2 Å². The van der Waals surface area contributed by atoms with Gasteiger partial charge < -0.3 is 14.4 Å². The Labute approximate surface area is 114 Å². The summed E-state index contributed by atoms with van der Waals surface area (Å²) in [6.07, 6.45) is 1.87. The molecule has 7 heteroatoms. The number of nitrogens with zero attached hydrogens (tertiary/aromatic N) is 1. The van der Waals surface area contributed by atoms with Gasteiger partial charge in [0.25, 0.3) is 0 Å². The number of methoxy groups -OCH3 is 1. The molecule has 0 heterocycles. The van der Waals surface area contributed by atoms with Crippen molar-refractivity contribution in [1.82, 2.24) is 4.90 Å². The van der Waals surface area contributed by atoms with Crippen molar-refractivity contribution in [2.45, 2.75) is 13.0 Å². The largest absolute Gasteiger partial charge is 0.466 e. The average molecular weight is 288 g/mol. The smallest absolute Gasteiger partial charge is 0.331 e. The van der Waals surface area contributed by atoms with Gasteiger partial charge in [0.15, 0.2) is 0 Å². The van der Waals surface area contributed by atoms with Crippen LogP contribution in [-0.4, -0.2) is 50.7 Å². The summed E-state index contributed by atoms with van der Waals surface area (Å²) in [7, 11) is 5.01. The predicted octanol–water partition coefficient (Wildman–Crippen LogP) is 1.05. The maximum Gasteiger partial charge on any atom is 0.331 e. The fourth-order valence-electron chi connectivity index (χ4n) is 0.993. The summed E-state index contributed by atoms with van der Waals surface area (Å²) in [5, 5.41) is 0. The summed E-state index contributed by atoms with van der Waals surface area (Å²) in [5.41, 5.74) is 0. The molecule has 17 heavy (non-hydrogen) atoms. The van der Waals surface area contributed by atoms with Crippen LogP contribution in [0.1, 0.15) is 6.92 Å². The van der Waals surface area contributed by atoms with E-state index in [0.717, 1.165) is 12.2 Å². The molecule has 0 rings (SSSR count). The standard InChI is InChI=1S/C10H17NO4.2ClH/c1-8(7-11(2)3)15-10(13)6-5-9(12)14-4;;/h5-6,8H,7H2,1-4H3;2*1H/b6-5+;;. The minimum Gasteiger partial charge on any atom is -0.466 e. The summed E-state index contributed by atoms with van der Waals surface area (Å²) in [6.45, 7) is 2.42. The molecule has 0 fully saturated rings. The average Bonchev–Trinajstić information content (AvgIpc) is 2.12. The van der Waals surface area contributed by atoms with Crippen molar-refractivity contribution in [1.29, 1.82) is 0 Å². The fourth-order valence-corrected chi connectivity index (χ4v) is 0.993. The molecule has 0 aliphatic carbocycles. The molecule has 1 atom stereocenters.